The van der Waals surface area contributed by atoms with Crippen molar-refractivity contribution in [3.8, 4) is 0 Å². The van der Waals surface area contributed by atoms with Crippen LogP contribution in [0.4, 0.5) is 0 Å². The summed E-state index contributed by atoms with van der Waals surface area (Å²) < 4.78 is 3.65. The lowest BCUT2D eigenvalue weighted by atomic mass is 9.86. The Morgan fingerprint density at radius 3 is 1.98 bits per heavy atom. The van der Waals surface area contributed by atoms with Gasteiger partial charge in [0.25, 0.3) is 11.1 Å². The molecule has 11 rings (SSSR count). The van der Waals surface area contributed by atoms with Gasteiger partial charge < -0.3 is 0 Å². The Morgan fingerprint density at radius 2 is 1.25 bits per heavy atom. The Kier molecular flexibility index (Phi) is 3.80. The predicted molar refractivity (Wildman–Crippen MR) is 178 cm³/mol. The zero-order valence-electron chi connectivity index (χ0n) is 23.8. The van der Waals surface area contributed by atoms with Crippen molar-refractivity contribution in [2.75, 3.05) is 0 Å². The third-order valence-electron chi connectivity index (χ3n) is 10.2. The quantitative estimate of drug-likeness (QED) is 0.148. The average molecular weight is 567 g/mol. The first-order chi connectivity index (χ1) is 21.5. The Labute approximate surface area is 248 Å². The SMILES string of the molecule is CC1=CC2C(C=C1)N=c1c3ccc4c5ccc6c7c(ccc(c8ccc(c(=O)n12)c3c84)c57)c(=O)n1c2ccc(C)cc2nc61. The highest BCUT2D eigenvalue weighted by Gasteiger charge is 2.31. The third-order valence-corrected chi connectivity index (χ3v) is 10.2. The molecule has 2 unspecified atom stereocenters. The first kappa shape index (κ1) is 22.9. The van der Waals surface area contributed by atoms with Crippen LogP contribution < -0.4 is 16.6 Å². The number of allylic oxidation sites excluding steroid dienone is 2. The maximum atomic E-state index is 14.1. The summed E-state index contributed by atoms with van der Waals surface area (Å²) in [5, 5.41) is 11.7. The highest BCUT2D eigenvalue weighted by molar-refractivity contribution is 6.40. The molecule has 6 nitrogen and oxygen atoms in total. The van der Waals surface area contributed by atoms with Crippen LogP contribution in [0.3, 0.4) is 0 Å². The fourth-order valence-electron chi connectivity index (χ4n) is 8.35. The van der Waals surface area contributed by atoms with Crippen molar-refractivity contribution < 1.29 is 0 Å². The van der Waals surface area contributed by atoms with Crippen LogP contribution in [0.2, 0.25) is 0 Å². The van der Waals surface area contributed by atoms with E-state index in [0.29, 0.717) is 16.4 Å². The van der Waals surface area contributed by atoms with E-state index in [1.165, 1.54) is 0 Å². The number of pyridine rings is 2. The van der Waals surface area contributed by atoms with Crippen molar-refractivity contribution in [1.29, 1.82) is 0 Å². The Balaban J connectivity index is 1.34. The molecule has 44 heavy (non-hydrogen) atoms. The monoisotopic (exact) mass is 566 g/mol. The van der Waals surface area contributed by atoms with Gasteiger partial charge in [-0.25, -0.2) is 4.98 Å². The number of hydrogen-bond acceptors (Lipinski definition) is 4. The summed E-state index contributed by atoms with van der Waals surface area (Å²) in [6, 6.07) is 22.6. The summed E-state index contributed by atoms with van der Waals surface area (Å²) in [4.78, 5) is 38.3. The van der Waals surface area contributed by atoms with Crippen molar-refractivity contribution in [1.82, 2.24) is 14.0 Å². The van der Waals surface area contributed by atoms with Crippen molar-refractivity contribution in [3.05, 3.63) is 122 Å². The highest BCUT2D eigenvalue weighted by Crippen LogP contribution is 2.45. The molecule has 0 amide bonds. The number of hydrogen-bond donors (Lipinski definition) is 0. The molecule has 206 valence electrons. The van der Waals surface area contributed by atoms with Gasteiger partial charge in [-0.15, -0.1) is 0 Å². The lowest BCUT2D eigenvalue weighted by Crippen LogP contribution is -2.34. The summed E-state index contributed by atoms with van der Waals surface area (Å²) in [7, 11) is 0. The van der Waals surface area contributed by atoms with Crippen LogP contribution in [0.5, 0.6) is 0 Å². The van der Waals surface area contributed by atoms with E-state index in [9.17, 15) is 9.59 Å². The fourth-order valence-corrected chi connectivity index (χ4v) is 8.35. The Morgan fingerprint density at radius 1 is 0.659 bits per heavy atom. The van der Waals surface area contributed by atoms with Gasteiger partial charge in [0, 0.05) is 32.3 Å². The number of fused-ring (bicyclic) bond motifs is 10. The number of aryl methyl sites for hydroxylation is 1. The molecule has 0 spiro atoms. The molecule has 2 aliphatic rings. The van der Waals surface area contributed by atoms with Crippen LogP contribution in [0, 0.1) is 6.92 Å². The normalized spacial score (nSPS) is 18.2. The Bertz CT molecular complexity index is 3050. The number of imidazole rings is 1. The zero-order chi connectivity index (χ0) is 29.2. The molecule has 0 radical (unpaired) electrons. The molecule has 6 heteroatoms. The average Bonchev–Trinajstić information content (AvgIpc) is 3.60. The van der Waals surface area contributed by atoms with E-state index in [2.05, 4.69) is 61.5 Å². The molecule has 1 aliphatic carbocycles. The van der Waals surface area contributed by atoms with Crippen LogP contribution in [0.1, 0.15) is 18.5 Å². The summed E-state index contributed by atoms with van der Waals surface area (Å²) in [5.74, 6) is 0. The van der Waals surface area contributed by atoms with E-state index < -0.39 is 0 Å². The molecule has 0 bridgehead atoms. The number of rotatable bonds is 0. The summed E-state index contributed by atoms with van der Waals surface area (Å²) in [6.45, 7) is 4.11. The van der Waals surface area contributed by atoms with Crippen LogP contribution in [0.25, 0.3) is 81.3 Å². The minimum atomic E-state index is -0.0968. The summed E-state index contributed by atoms with van der Waals surface area (Å²) in [6.07, 6.45) is 6.35. The lowest BCUT2D eigenvalue weighted by molar-refractivity contribution is 0.574. The number of benzene rings is 6. The molecule has 0 N–H and O–H groups in total. The number of aromatic nitrogens is 3. The molecule has 4 heterocycles. The van der Waals surface area contributed by atoms with Crippen LogP contribution in [-0.2, 0) is 0 Å². The van der Waals surface area contributed by atoms with Gasteiger partial charge in [0.1, 0.15) is 11.1 Å². The zero-order valence-corrected chi connectivity index (χ0v) is 23.8. The van der Waals surface area contributed by atoms with Crippen LogP contribution in [0.15, 0.2) is 105 Å². The predicted octanol–water partition coefficient (Wildman–Crippen LogP) is 6.89. The van der Waals surface area contributed by atoms with Crippen molar-refractivity contribution >= 4 is 81.3 Å². The third kappa shape index (κ3) is 2.45. The lowest BCUT2D eigenvalue weighted by Gasteiger charge is -2.20. The molecular formula is C38H22N4O2. The second kappa shape index (κ2) is 7.29. The van der Waals surface area contributed by atoms with Crippen LogP contribution >= 0.6 is 0 Å². The minimum absolute atomic E-state index is 0.00239. The fraction of sp³-hybridized carbons (Fsp3) is 0.105. The molecule has 2 atom stereocenters. The minimum Gasteiger partial charge on any atom is -0.283 e. The van der Waals surface area contributed by atoms with E-state index in [-0.39, 0.29) is 23.2 Å². The van der Waals surface area contributed by atoms with Gasteiger partial charge in [-0.2, -0.15) is 0 Å². The van der Waals surface area contributed by atoms with Gasteiger partial charge in [-0.3, -0.25) is 23.5 Å². The van der Waals surface area contributed by atoms with Crippen molar-refractivity contribution in [2.45, 2.75) is 25.9 Å². The van der Waals surface area contributed by atoms with Crippen LogP contribution in [-0.4, -0.2) is 20.0 Å². The number of nitrogens with zero attached hydrogens (tertiary/aromatic N) is 4. The van der Waals surface area contributed by atoms with Gasteiger partial charge in [0.15, 0.2) is 0 Å². The molecule has 1 aliphatic heterocycles. The molecular weight excluding hydrogens is 544 g/mol. The van der Waals surface area contributed by atoms with E-state index in [4.69, 9.17) is 9.98 Å². The largest absolute Gasteiger partial charge is 0.283 e. The molecule has 0 saturated heterocycles. The Hall–Kier alpha value is -5.62. The van der Waals surface area contributed by atoms with Gasteiger partial charge >= 0.3 is 0 Å². The first-order valence-corrected chi connectivity index (χ1v) is 15.0. The molecule has 0 fully saturated rings. The van der Waals surface area contributed by atoms with Crippen molar-refractivity contribution in [2.24, 2.45) is 4.99 Å². The van der Waals surface area contributed by atoms with E-state index in [0.717, 1.165) is 81.5 Å². The molecule has 6 aromatic carbocycles. The second-order valence-corrected chi connectivity index (χ2v) is 12.6. The summed E-state index contributed by atoms with van der Waals surface area (Å²) >= 11 is 0. The smallest absolute Gasteiger partial charge is 0.264 e. The van der Waals surface area contributed by atoms with E-state index >= 15 is 0 Å². The standard InChI is InChI=1S/C38H22N4O2/c1-17-4-14-29-28(15-17)40-36-24-10-6-20-19-5-9-23-33-26(38(44)42-30-16-18(2)3-13-27(30)39-35(23)42)12-8-22(31(19)33)21-7-11-25(34(24)32(20)21)37(43)41(29)36/h3-16,27,30H,1-2H3. The maximum Gasteiger partial charge on any atom is 0.264 e. The van der Waals surface area contributed by atoms with Gasteiger partial charge in [-0.05, 0) is 88.1 Å². The van der Waals surface area contributed by atoms with E-state index in [1.807, 2.05) is 41.8 Å². The van der Waals surface area contributed by atoms with Gasteiger partial charge in [0.05, 0.1) is 23.1 Å². The second-order valence-electron chi connectivity index (χ2n) is 12.6. The topological polar surface area (TPSA) is 68.7 Å². The van der Waals surface area contributed by atoms with E-state index in [1.54, 1.807) is 4.40 Å². The van der Waals surface area contributed by atoms with Gasteiger partial charge in [-0.1, -0.05) is 54.1 Å². The van der Waals surface area contributed by atoms with Crippen molar-refractivity contribution in [3.63, 3.8) is 0 Å². The maximum absolute atomic E-state index is 14.1. The molecule has 0 saturated carbocycles. The summed E-state index contributed by atoms with van der Waals surface area (Å²) in [5.41, 5.74) is 5.30. The highest BCUT2D eigenvalue weighted by atomic mass is 16.1. The molecule has 3 aromatic heterocycles. The van der Waals surface area contributed by atoms with Gasteiger partial charge in [0.2, 0.25) is 0 Å². The molecule has 9 aromatic rings. The first-order valence-electron chi connectivity index (χ1n) is 15.0.